The van der Waals surface area contributed by atoms with Crippen LogP contribution in [0, 0.1) is 0 Å². The molecule has 1 aromatic heterocycles. The quantitative estimate of drug-likeness (QED) is 0.672. The van der Waals surface area contributed by atoms with Crippen molar-refractivity contribution in [2.45, 2.75) is 6.42 Å². The van der Waals surface area contributed by atoms with Gasteiger partial charge in [-0.25, -0.2) is 0 Å². The molecule has 0 aliphatic heterocycles. The highest BCUT2D eigenvalue weighted by Crippen LogP contribution is 2.17. The van der Waals surface area contributed by atoms with E-state index in [2.05, 4.69) is 0 Å². The number of hydrogen-bond acceptors (Lipinski definition) is 3. The Morgan fingerprint density at radius 2 is 2.50 bits per heavy atom. The molecule has 0 fully saturated rings. The first-order valence-corrected chi connectivity index (χ1v) is 4.18. The highest BCUT2D eigenvalue weighted by atomic mass is 32.1. The van der Waals surface area contributed by atoms with E-state index in [9.17, 15) is 0 Å². The highest BCUT2D eigenvalue weighted by Gasteiger charge is 1.90. The molecule has 0 aliphatic carbocycles. The van der Waals surface area contributed by atoms with Gasteiger partial charge in [-0.2, -0.15) is 0 Å². The Labute approximate surface area is 64.6 Å². The predicted octanol–water partition coefficient (Wildman–Crippen LogP) is 1.48. The number of thiophene rings is 1. The minimum absolute atomic E-state index is 0.700. The van der Waals surface area contributed by atoms with Crippen LogP contribution >= 0.6 is 11.3 Å². The molecule has 0 saturated heterocycles. The molecule has 0 unspecified atom stereocenters. The second kappa shape index (κ2) is 4.30. The molecule has 0 aromatic carbocycles. The van der Waals surface area contributed by atoms with Crippen LogP contribution in [-0.2, 0) is 0 Å². The standard InChI is InChI=1S/C7H11NOS/c8-4-2-5-9-7-3-1-6-10-7/h1,3,6H,2,4-5,8H2. The second-order valence-corrected chi connectivity index (χ2v) is 2.83. The first-order chi connectivity index (χ1) is 4.93. The van der Waals surface area contributed by atoms with Crippen molar-refractivity contribution in [3.63, 3.8) is 0 Å². The summed E-state index contributed by atoms with van der Waals surface area (Å²) in [5.41, 5.74) is 5.29. The van der Waals surface area contributed by atoms with Crippen molar-refractivity contribution in [2.75, 3.05) is 13.2 Å². The summed E-state index contributed by atoms with van der Waals surface area (Å²) in [5.74, 6) is 0. The number of nitrogens with two attached hydrogens (primary N) is 1. The third kappa shape index (κ3) is 2.37. The van der Waals surface area contributed by atoms with Gasteiger partial charge in [-0.3, -0.25) is 0 Å². The van der Waals surface area contributed by atoms with Crippen LogP contribution in [0.25, 0.3) is 0 Å². The number of hydrogen-bond donors (Lipinski definition) is 1. The van der Waals surface area contributed by atoms with E-state index < -0.39 is 0 Å². The lowest BCUT2D eigenvalue weighted by Crippen LogP contribution is -2.05. The summed E-state index contributed by atoms with van der Waals surface area (Å²) in [4.78, 5) is 0. The Hall–Kier alpha value is -0.540. The SMILES string of the molecule is NCCCOc1cccs1. The smallest absolute Gasteiger partial charge is 0.173 e. The third-order valence-corrected chi connectivity index (χ3v) is 1.87. The zero-order valence-electron chi connectivity index (χ0n) is 5.75. The molecule has 2 N–H and O–H groups in total. The highest BCUT2D eigenvalue weighted by molar-refractivity contribution is 7.11. The van der Waals surface area contributed by atoms with Gasteiger partial charge in [-0.05, 0) is 30.5 Å². The molecule has 0 atom stereocenters. The Kier molecular flexibility index (Phi) is 3.26. The van der Waals surface area contributed by atoms with E-state index in [1.54, 1.807) is 11.3 Å². The fourth-order valence-electron chi connectivity index (χ4n) is 0.602. The van der Waals surface area contributed by atoms with Gasteiger partial charge in [-0.1, -0.05) is 0 Å². The van der Waals surface area contributed by atoms with Gasteiger partial charge >= 0.3 is 0 Å². The molecule has 0 bridgehead atoms. The summed E-state index contributed by atoms with van der Waals surface area (Å²) in [6.07, 6.45) is 0.928. The van der Waals surface area contributed by atoms with Crippen molar-refractivity contribution in [2.24, 2.45) is 5.73 Å². The van der Waals surface area contributed by atoms with Crippen LogP contribution in [0.1, 0.15) is 6.42 Å². The molecule has 3 heteroatoms. The monoisotopic (exact) mass is 157 g/mol. The van der Waals surface area contributed by atoms with E-state index in [0.717, 1.165) is 18.1 Å². The van der Waals surface area contributed by atoms with Crippen molar-refractivity contribution >= 4 is 11.3 Å². The molecule has 1 heterocycles. The van der Waals surface area contributed by atoms with Crippen molar-refractivity contribution < 1.29 is 4.74 Å². The van der Waals surface area contributed by atoms with Crippen LogP contribution in [0.2, 0.25) is 0 Å². The van der Waals surface area contributed by atoms with Gasteiger partial charge in [0.1, 0.15) is 0 Å². The molecule has 2 nitrogen and oxygen atoms in total. The largest absolute Gasteiger partial charge is 0.484 e. The summed E-state index contributed by atoms with van der Waals surface area (Å²) in [6.45, 7) is 1.43. The average molecular weight is 157 g/mol. The molecule has 1 rings (SSSR count). The lowest BCUT2D eigenvalue weighted by atomic mass is 10.5. The topological polar surface area (TPSA) is 35.2 Å². The minimum atomic E-state index is 0.700. The van der Waals surface area contributed by atoms with Crippen molar-refractivity contribution in [3.05, 3.63) is 17.5 Å². The van der Waals surface area contributed by atoms with Crippen LogP contribution < -0.4 is 10.5 Å². The maximum Gasteiger partial charge on any atom is 0.173 e. The minimum Gasteiger partial charge on any atom is -0.484 e. The van der Waals surface area contributed by atoms with Gasteiger partial charge in [0.25, 0.3) is 0 Å². The van der Waals surface area contributed by atoms with Crippen molar-refractivity contribution in [1.29, 1.82) is 0 Å². The summed E-state index contributed by atoms with van der Waals surface area (Å²) in [5, 5.41) is 2.98. The average Bonchev–Trinajstić information content (AvgIpc) is 2.41. The Bertz CT molecular complexity index is 162. The number of rotatable bonds is 4. The first-order valence-electron chi connectivity index (χ1n) is 3.30. The normalized spacial score (nSPS) is 9.70. The van der Waals surface area contributed by atoms with Crippen LogP contribution in [-0.4, -0.2) is 13.2 Å². The summed E-state index contributed by atoms with van der Waals surface area (Å²) < 4.78 is 5.32. The van der Waals surface area contributed by atoms with Crippen LogP contribution in [0.5, 0.6) is 5.06 Å². The van der Waals surface area contributed by atoms with Gasteiger partial charge in [0, 0.05) is 0 Å². The van der Waals surface area contributed by atoms with E-state index >= 15 is 0 Å². The van der Waals surface area contributed by atoms with Gasteiger partial charge in [-0.15, -0.1) is 11.3 Å². The molecule has 0 aliphatic rings. The molecular weight excluding hydrogens is 146 g/mol. The molecule has 0 amide bonds. The van der Waals surface area contributed by atoms with Crippen molar-refractivity contribution in [3.8, 4) is 5.06 Å². The van der Waals surface area contributed by atoms with E-state index in [1.165, 1.54) is 0 Å². The molecule has 56 valence electrons. The van der Waals surface area contributed by atoms with Crippen LogP contribution in [0.4, 0.5) is 0 Å². The Morgan fingerprint density at radius 1 is 1.60 bits per heavy atom. The third-order valence-electron chi connectivity index (χ3n) is 1.09. The maximum atomic E-state index is 5.32. The summed E-state index contributed by atoms with van der Waals surface area (Å²) >= 11 is 1.61. The van der Waals surface area contributed by atoms with Crippen LogP contribution in [0.3, 0.4) is 0 Å². The molecule has 1 aromatic rings. The molecule has 10 heavy (non-hydrogen) atoms. The summed E-state index contributed by atoms with van der Waals surface area (Å²) in [6, 6.07) is 3.93. The molecule has 0 spiro atoms. The van der Waals surface area contributed by atoms with Gasteiger partial charge in [0.05, 0.1) is 6.61 Å². The Morgan fingerprint density at radius 3 is 3.10 bits per heavy atom. The van der Waals surface area contributed by atoms with Gasteiger partial charge in [0.2, 0.25) is 0 Å². The predicted molar refractivity (Wildman–Crippen MR) is 43.5 cm³/mol. The maximum absolute atomic E-state index is 5.32. The molecule has 0 radical (unpaired) electrons. The van der Waals surface area contributed by atoms with Gasteiger partial charge < -0.3 is 10.5 Å². The van der Waals surface area contributed by atoms with Crippen LogP contribution in [0.15, 0.2) is 17.5 Å². The summed E-state index contributed by atoms with van der Waals surface area (Å²) in [7, 11) is 0. The zero-order valence-corrected chi connectivity index (χ0v) is 6.56. The molecular formula is C7H11NOS. The van der Waals surface area contributed by atoms with Gasteiger partial charge in [0.15, 0.2) is 5.06 Å². The lowest BCUT2D eigenvalue weighted by molar-refractivity contribution is 0.322. The van der Waals surface area contributed by atoms with Crippen molar-refractivity contribution in [1.82, 2.24) is 0 Å². The Balaban J connectivity index is 2.15. The zero-order chi connectivity index (χ0) is 7.23. The van der Waals surface area contributed by atoms with E-state index in [0.29, 0.717) is 6.54 Å². The fourth-order valence-corrected chi connectivity index (χ4v) is 1.20. The fraction of sp³-hybridized carbons (Fsp3) is 0.429. The lowest BCUT2D eigenvalue weighted by Gasteiger charge is -1.99. The van der Waals surface area contributed by atoms with E-state index in [-0.39, 0.29) is 0 Å². The number of ether oxygens (including phenoxy) is 1. The van der Waals surface area contributed by atoms with E-state index in [1.807, 2.05) is 17.5 Å². The second-order valence-electron chi connectivity index (χ2n) is 1.92. The van der Waals surface area contributed by atoms with E-state index in [4.69, 9.17) is 10.5 Å². The molecule has 0 saturated carbocycles. The first kappa shape index (κ1) is 7.57.